The van der Waals surface area contributed by atoms with Crippen LogP contribution in [-0.2, 0) is 0 Å². The van der Waals surface area contributed by atoms with Crippen molar-refractivity contribution in [1.82, 2.24) is 0 Å². The zero-order chi connectivity index (χ0) is 14.3. The van der Waals surface area contributed by atoms with Crippen molar-refractivity contribution >= 4 is 17.3 Å². The number of aryl methyl sites for hydroxylation is 1. The number of nitrogens with one attached hydrogen (secondary N) is 1. The van der Waals surface area contributed by atoms with Gasteiger partial charge in [-0.15, -0.1) is 0 Å². The van der Waals surface area contributed by atoms with Crippen molar-refractivity contribution < 1.29 is 4.79 Å². The number of carbonyl (C=O) groups excluding carboxylic acids is 1. The average molecular weight is 256 g/mol. The minimum atomic E-state index is -0.116. The molecule has 19 heavy (non-hydrogen) atoms. The molecule has 3 nitrogen and oxygen atoms in total. The molecule has 2 aromatic carbocycles. The van der Waals surface area contributed by atoms with Crippen molar-refractivity contribution in [3.63, 3.8) is 0 Å². The highest BCUT2D eigenvalue weighted by Gasteiger charge is 2.04. The molecular formula is C16H20N2O. The minimum absolute atomic E-state index is 0.116. The first kappa shape index (κ1) is 14.8. The Morgan fingerprint density at radius 1 is 0.947 bits per heavy atom. The zero-order valence-electron chi connectivity index (χ0n) is 11.6. The van der Waals surface area contributed by atoms with Crippen LogP contribution in [0.15, 0.2) is 48.5 Å². The molecule has 0 bridgehead atoms. The van der Waals surface area contributed by atoms with E-state index in [1.807, 2.05) is 45.0 Å². The van der Waals surface area contributed by atoms with Gasteiger partial charge in [-0.1, -0.05) is 31.5 Å². The van der Waals surface area contributed by atoms with E-state index >= 15 is 0 Å². The van der Waals surface area contributed by atoms with Crippen LogP contribution in [0.4, 0.5) is 11.4 Å². The molecule has 0 aliphatic rings. The lowest BCUT2D eigenvalue weighted by Gasteiger charge is -2.05. The van der Waals surface area contributed by atoms with E-state index in [0.29, 0.717) is 11.3 Å². The predicted molar refractivity (Wildman–Crippen MR) is 81.3 cm³/mol. The number of rotatable bonds is 2. The van der Waals surface area contributed by atoms with Crippen molar-refractivity contribution in [2.75, 3.05) is 11.1 Å². The fourth-order valence-corrected chi connectivity index (χ4v) is 1.47. The van der Waals surface area contributed by atoms with Crippen LogP contribution in [0, 0.1) is 6.92 Å². The Bertz CT molecular complexity index is 515. The zero-order valence-corrected chi connectivity index (χ0v) is 11.6. The second-order valence-corrected chi connectivity index (χ2v) is 3.94. The van der Waals surface area contributed by atoms with Gasteiger partial charge in [0.15, 0.2) is 0 Å². The molecule has 0 atom stereocenters. The highest BCUT2D eigenvalue weighted by molar-refractivity contribution is 6.04. The molecule has 3 heteroatoms. The van der Waals surface area contributed by atoms with E-state index in [-0.39, 0.29) is 5.91 Å². The van der Waals surface area contributed by atoms with Crippen molar-refractivity contribution in [1.29, 1.82) is 0 Å². The molecule has 0 saturated carbocycles. The molecule has 0 unspecified atom stereocenters. The standard InChI is InChI=1S/C14H14N2O.C2H6/c1-10-2-4-11(5-3-10)14(17)16-13-8-6-12(15)7-9-13;1-2/h2-9H,15H2,1H3,(H,16,17);1-2H3. The molecule has 0 aromatic heterocycles. The molecule has 0 heterocycles. The molecule has 2 aromatic rings. The van der Waals surface area contributed by atoms with E-state index < -0.39 is 0 Å². The van der Waals surface area contributed by atoms with Crippen LogP contribution in [0.1, 0.15) is 29.8 Å². The fraction of sp³-hybridized carbons (Fsp3) is 0.188. The Balaban J connectivity index is 0.000000861. The van der Waals surface area contributed by atoms with Gasteiger partial charge in [0.25, 0.3) is 5.91 Å². The van der Waals surface area contributed by atoms with Crippen LogP contribution in [-0.4, -0.2) is 5.91 Å². The lowest BCUT2D eigenvalue weighted by atomic mass is 10.1. The average Bonchev–Trinajstić information content (AvgIpc) is 2.44. The van der Waals surface area contributed by atoms with E-state index in [2.05, 4.69) is 5.32 Å². The quantitative estimate of drug-likeness (QED) is 0.802. The molecule has 3 N–H and O–H groups in total. The van der Waals surface area contributed by atoms with Gasteiger partial charge in [0, 0.05) is 16.9 Å². The van der Waals surface area contributed by atoms with Crippen molar-refractivity contribution in [3.05, 3.63) is 59.7 Å². The first-order valence-corrected chi connectivity index (χ1v) is 6.39. The van der Waals surface area contributed by atoms with Gasteiger partial charge in [-0.3, -0.25) is 4.79 Å². The van der Waals surface area contributed by atoms with Gasteiger partial charge < -0.3 is 11.1 Å². The monoisotopic (exact) mass is 256 g/mol. The second-order valence-electron chi connectivity index (χ2n) is 3.94. The summed E-state index contributed by atoms with van der Waals surface area (Å²) in [6, 6.07) is 14.5. The Kier molecular flexibility index (Phi) is 5.61. The first-order valence-electron chi connectivity index (χ1n) is 6.39. The molecule has 0 fully saturated rings. The summed E-state index contributed by atoms with van der Waals surface area (Å²) in [6.45, 7) is 5.99. The molecule has 0 saturated heterocycles. The third-order valence-corrected chi connectivity index (χ3v) is 2.48. The highest BCUT2D eigenvalue weighted by Crippen LogP contribution is 2.12. The summed E-state index contributed by atoms with van der Waals surface area (Å²) in [5.41, 5.74) is 8.77. The Morgan fingerprint density at radius 2 is 1.47 bits per heavy atom. The summed E-state index contributed by atoms with van der Waals surface area (Å²) in [7, 11) is 0. The first-order chi connectivity index (χ1) is 9.15. The van der Waals surface area contributed by atoms with Crippen LogP contribution >= 0.6 is 0 Å². The van der Waals surface area contributed by atoms with E-state index in [4.69, 9.17) is 5.73 Å². The van der Waals surface area contributed by atoms with Gasteiger partial charge in [0.2, 0.25) is 0 Å². The van der Waals surface area contributed by atoms with Gasteiger partial charge in [0.05, 0.1) is 0 Å². The van der Waals surface area contributed by atoms with Crippen molar-refractivity contribution in [2.45, 2.75) is 20.8 Å². The van der Waals surface area contributed by atoms with Crippen LogP contribution in [0.2, 0.25) is 0 Å². The van der Waals surface area contributed by atoms with E-state index in [1.54, 1.807) is 24.3 Å². The summed E-state index contributed by atoms with van der Waals surface area (Å²) >= 11 is 0. The lowest BCUT2D eigenvalue weighted by Crippen LogP contribution is -2.11. The normalized spacial score (nSPS) is 9.21. The molecule has 100 valence electrons. The number of amides is 1. The summed E-state index contributed by atoms with van der Waals surface area (Å²) in [4.78, 5) is 11.9. The molecule has 0 spiro atoms. The minimum Gasteiger partial charge on any atom is -0.399 e. The van der Waals surface area contributed by atoms with E-state index in [1.165, 1.54) is 0 Å². The third-order valence-electron chi connectivity index (χ3n) is 2.48. The van der Waals surface area contributed by atoms with Gasteiger partial charge in [-0.05, 0) is 43.3 Å². The number of nitrogens with two attached hydrogens (primary N) is 1. The molecule has 0 radical (unpaired) electrons. The highest BCUT2D eigenvalue weighted by atomic mass is 16.1. The maximum atomic E-state index is 11.9. The van der Waals surface area contributed by atoms with Crippen LogP contribution < -0.4 is 11.1 Å². The van der Waals surface area contributed by atoms with Crippen LogP contribution in [0.5, 0.6) is 0 Å². The molecular weight excluding hydrogens is 236 g/mol. The van der Waals surface area contributed by atoms with Gasteiger partial charge in [0.1, 0.15) is 0 Å². The van der Waals surface area contributed by atoms with E-state index in [9.17, 15) is 4.79 Å². The number of benzene rings is 2. The third kappa shape index (κ3) is 4.47. The SMILES string of the molecule is CC.Cc1ccc(C(=O)Nc2ccc(N)cc2)cc1. The van der Waals surface area contributed by atoms with Crippen LogP contribution in [0.25, 0.3) is 0 Å². The molecule has 0 aliphatic heterocycles. The number of hydrogen-bond acceptors (Lipinski definition) is 2. The fourth-order valence-electron chi connectivity index (χ4n) is 1.47. The number of nitrogen functional groups attached to an aromatic ring is 1. The van der Waals surface area contributed by atoms with Crippen molar-refractivity contribution in [2.24, 2.45) is 0 Å². The van der Waals surface area contributed by atoms with Gasteiger partial charge in [-0.2, -0.15) is 0 Å². The Morgan fingerprint density at radius 3 is 2.00 bits per heavy atom. The maximum Gasteiger partial charge on any atom is 0.255 e. The summed E-state index contributed by atoms with van der Waals surface area (Å²) < 4.78 is 0. The largest absolute Gasteiger partial charge is 0.399 e. The summed E-state index contributed by atoms with van der Waals surface area (Å²) in [5, 5.41) is 2.81. The Labute approximate surface area is 114 Å². The summed E-state index contributed by atoms with van der Waals surface area (Å²) in [5.74, 6) is -0.116. The van der Waals surface area contributed by atoms with E-state index in [0.717, 1.165) is 11.3 Å². The molecule has 0 aliphatic carbocycles. The summed E-state index contributed by atoms with van der Waals surface area (Å²) in [6.07, 6.45) is 0. The molecule has 2 rings (SSSR count). The number of carbonyl (C=O) groups is 1. The van der Waals surface area contributed by atoms with Gasteiger partial charge >= 0.3 is 0 Å². The number of hydrogen-bond donors (Lipinski definition) is 2. The second kappa shape index (κ2) is 7.21. The lowest BCUT2D eigenvalue weighted by molar-refractivity contribution is 0.102. The number of anilines is 2. The van der Waals surface area contributed by atoms with Crippen molar-refractivity contribution in [3.8, 4) is 0 Å². The maximum absolute atomic E-state index is 11.9. The molecule has 1 amide bonds. The Hall–Kier alpha value is -2.29. The van der Waals surface area contributed by atoms with Gasteiger partial charge in [-0.25, -0.2) is 0 Å². The smallest absolute Gasteiger partial charge is 0.255 e. The predicted octanol–water partition coefficient (Wildman–Crippen LogP) is 3.86. The van der Waals surface area contributed by atoms with Crippen LogP contribution in [0.3, 0.4) is 0 Å². The topological polar surface area (TPSA) is 55.1 Å².